The molecule has 4 heteroatoms. The minimum Gasteiger partial charge on any atom is -0.258 e. The number of benzene rings is 1. The molecule has 0 aliphatic rings. The molecule has 3 nitrogen and oxygen atoms in total. The fourth-order valence-corrected chi connectivity index (χ4v) is 1.91. The maximum Gasteiger partial charge on any atom is 0.269 e. The third kappa shape index (κ3) is 5.26. The molecule has 0 aliphatic heterocycles. The molecule has 0 heterocycles. The molecule has 0 spiro atoms. The lowest BCUT2D eigenvalue weighted by Gasteiger charge is -2.06. The third-order valence-corrected chi connectivity index (χ3v) is 3.29. The summed E-state index contributed by atoms with van der Waals surface area (Å²) in [5.41, 5.74) is 3.34. The highest BCUT2D eigenvalue weighted by Crippen LogP contribution is 2.13. The van der Waals surface area contributed by atoms with Gasteiger partial charge in [0.05, 0.1) is 13.0 Å². The van der Waals surface area contributed by atoms with E-state index in [-0.39, 0.29) is 5.69 Å². The Morgan fingerprint density at radius 1 is 1.12 bits per heavy atom. The zero-order chi connectivity index (χ0) is 12.9. The summed E-state index contributed by atoms with van der Waals surface area (Å²) < 4.78 is 0. The lowest BCUT2D eigenvalue weighted by atomic mass is 10.2. The van der Waals surface area contributed by atoms with Gasteiger partial charge in [-0.05, 0) is 17.7 Å². The number of hydrogen-bond donors (Lipinski definition) is 0. The molecule has 0 aromatic heterocycles. The van der Waals surface area contributed by atoms with Crippen LogP contribution in [0.2, 0.25) is 19.6 Å². The van der Waals surface area contributed by atoms with Gasteiger partial charge in [0.2, 0.25) is 0 Å². The standard InChI is InChI=1S/C13H17NO2Si/c1-17(2,3)11-5-4-6-12-7-9-13(10-8-12)14(15)16/h4-11H,1-3H3/b6-4+,11-5+. The average Bonchev–Trinajstić information content (AvgIpc) is 2.24. The van der Waals surface area contributed by atoms with E-state index in [4.69, 9.17) is 0 Å². The largest absolute Gasteiger partial charge is 0.269 e. The van der Waals surface area contributed by atoms with Crippen molar-refractivity contribution in [1.82, 2.24) is 0 Å². The summed E-state index contributed by atoms with van der Waals surface area (Å²) >= 11 is 0. The first-order valence-corrected chi connectivity index (χ1v) is 9.06. The van der Waals surface area contributed by atoms with E-state index in [1.807, 2.05) is 18.2 Å². The molecule has 0 radical (unpaired) electrons. The van der Waals surface area contributed by atoms with E-state index >= 15 is 0 Å². The number of allylic oxidation sites excluding steroid dienone is 2. The summed E-state index contributed by atoms with van der Waals surface area (Å²) in [7, 11) is -1.14. The Kier molecular flexibility index (Phi) is 4.40. The van der Waals surface area contributed by atoms with E-state index in [1.165, 1.54) is 12.1 Å². The molecule has 1 aromatic carbocycles. The molecule has 0 unspecified atom stereocenters. The number of rotatable bonds is 4. The minimum atomic E-state index is -1.14. The second-order valence-electron chi connectivity index (χ2n) is 4.93. The minimum absolute atomic E-state index is 0.125. The molecule has 0 bridgehead atoms. The Bertz CT molecular complexity index is 441. The van der Waals surface area contributed by atoms with E-state index in [1.54, 1.807) is 12.1 Å². The molecule has 0 atom stereocenters. The predicted octanol–water partition coefficient (Wildman–Crippen LogP) is 4.04. The Morgan fingerprint density at radius 2 is 1.71 bits per heavy atom. The second-order valence-corrected chi connectivity index (χ2v) is 10.00. The van der Waals surface area contributed by atoms with Gasteiger partial charge in [-0.3, -0.25) is 10.1 Å². The fourth-order valence-electron chi connectivity index (χ4n) is 1.22. The maximum atomic E-state index is 10.5. The topological polar surface area (TPSA) is 43.1 Å². The van der Waals surface area contributed by atoms with Gasteiger partial charge in [0.1, 0.15) is 0 Å². The van der Waals surface area contributed by atoms with Gasteiger partial charge in [-0.15, -0.1) is 0 Å². The van der Waals surface area contributed by atoms with Crippen molar-refractivity contribution in [2.45, 2.75) is 19.6 Å². The predicted molar refractivity (Wildman–Crippen MR) is 74.6 cm³/mol. The van der Waals surface area contributed by atoms with Gasteiger partial charge >= 0.3 is 0 Å². The van der Waals surface area contributed by atoms with Crippen LogP contribution >= 0.6 is 0 Å². The van der Waals surface area contributed by atoms with E-state index in [9.17, 15) is 10.1 Å². The Labute approximate surface area is 103 Å². The van der Waals surface area contributed by atoms with Crippen LogP contribution in [0.4, 0.5) is 5.69 Å². The van der Waals surface area contributed by atoms with Crippen molar-refractivity contribution in [3.63, 3.8) is 0 Å². The number of nitro benzene ring substituents is 1. The Hall–Kier alpha value is -1.68. The van der Waals surface area contributed by atoms with Gasteiger partial charge in [-0.2, -0.15) is 0 Å². The van der Waals surface area contributed by atoms with Crippen LogP contribution in [0.15, 0.2) is 42.1 Å². The van der Waals surface area contributed by atoms with Gasteiger partial charge in [-0.1, -0.05) is 43.6 Å². The van der Waals surface area contributed by atoms with Gasteiger partial charge in [0, 0.05) is 12.1 Å². The molecule has 0 N–H and O–H groups in total. The summed E-state index contributed by atoms with van der Waals surface area (Å²) in [6.07, 6.45) is 5.97. The molecule has 0 fully saturated rings. The first-order valence-electron chi connectivity index (χ1n) is 5.49. The highest BCUT2D eigenvalue weighted by Gasteiger charge is 2.05. The van der Waals surface area contributed by atoms with E-state index < -0.39 is 13.0 Å². The van der Waals surface area contributed by atoms with Gasteiger partial charge in [0.15, 0.2) is 0 Å². The summed E-state index contributed by atoms with van der Waals surface area (Å²) in [6.45, 7) is 6.80. The van der Waals surface area contributed by atoms with Crippen molar-refractivity contribution in [2.24, 2.45) is 0 Å². The number of nitrogens with zero attached hydrogens (tertiary/aromatic N) is 1. The molecule has 90 valence electrons. The van der Waals surface area contributed by atoms with Crippen LogP contribution in [-0.4, -0.2) is 13.0 Å². The van der Waals surface area contributed by atoms with Crippen molar-refractivity contribution >= 4 is 19.8 Å². The van der Waals surface area contributed by atoms with Crippen LogP contribution in [0.5, 0.6) is 0 Å². The van der Waals surface area contributed by atoms with Gasteiger partial charge in [0.25, 0.3) is 5.69 Å². The van der Waals surface area contributed by atoms with Crippen LogP contribution in [0.1, 0.15) is 5.56 Å². The number of non-ortho nitro benzene ring substituents is 1. The van der Waals surface area contributed by atoms with Crippen LogP contribution < -0.4 is 0 Å². The zero-order valence-electron chi connectivity index (χ0n) is 10.4. The SMILES string of the molecule is C[Si](C)(C)/C=C/C=C/c1ccc([N+](=O)[O-])cc1. The first-order chi connectivity index (χ1) is 7.88. The highest BCUT2D eigenvalue weighted by molar-refractivity contribution is 6.81. The number of nitro groups is 1. The Morgan fingerprint density at radius 3 is 2.18 bits per heavy atom. The van der Waals surface area contributed by atoms with Crippen molar-refractivity contribution in [3.05, 3.63) is 57.8 Å². The lowest BCUT2D eigenvalue weighted by Crippen LogP contribution is -2.14. The molecular formula is C13H17NO2Si. The van der Waals surface area contributed by atoms with Crippen LogP contribution in [0.3, 0.4) is 0 Å². The quantitative estimate of drug-likeness (QED) is 0.349. The smallest absolute Gasteiger partial charge is 0.258 e. The van der Waals surface area contributed by atoms with E-state index in [0.29, 0.717) is 0 Å². The first kappa shape index (κ1) is 13.4. The normalized spacial score (nSPS) is 12.4. The summed E-state index contributed by atoms with van der Waals surface area (Å²) in [6, 6.07) is 6.53. The molecule has 1 rings (SSSR count). The molecular weight excluding hydrogens is 230 g/mol. The molecule has 0 saturated carbocycles. The maximum absolute atomic E-state index is 10.5. The molecule has 0 aliphatic carbocycles. The Balaban J connectivity index is 2.67. The monoisotopic (exact) mass is 247 g/mol. The third-order valence-electron chi connectivity index (χ3n) is 2.10. The number of hydrogen-bond acceptors (Lipinski definition) is 2. The highest BCUT2D eigenvalue weighted by atomic mass is 28.3. The second kappa shape index (κ2) is 5.59. The zero-order valence-corrected chi connectivity index (χ0v) is 11.4. The van der Waals surface area contributed by atoms with Crippen molar-refractivity contribution in [3.8, 4) is 0 Å². The average molecular weight is 247 g/mol. The van der Waals surface area contributed by atoms with Crippen molar-refractivity contribution in [1.29, 1.82) is 0 Å². The molecule has 1 aromatic rings. The molecule has 17 heavy (non-hydrogen) atoms. The van der Waals surface area contributed by atoms with Crippen molar-refractivity contribution in [2.75, 3.05) is 0 Å². The van der Waals surface area contributed by atoms with Gasteiger partial charge in [-0.25, -0.2) is 0 Å². The van der Waals surface area contributed by atoms with E-state index in [2.05, 4.69) is 25.3 Å². The van der Waals surface area contributed by atoms with E-state index in [0.717, 1.165) is 5.56 Å². The van der Waals surface area contributed by atoms with Crippen molar-refractivity contribution < 1.29 is 4.92 Å². The summed E-state index contributed by atoms with van der Waals surface area (Å²) in [4.78, 5) is 10.1. The summed E-state index contributed by atoms with van der Waals surface area (Å²) in [5, 5.41) is 10.5. The lowest BCUT2D eigenvalue weighted by molar-refractivity contribution is -0.384. The fraction of sp³-hybridized carbons (Fsp3) is 0.231. The van der Waals surface area contributed by atoms with Crippen LogP contribution in [0.25, 0.3) is 6.08 Å². The molecule has 0 saturated heterocycles. The van der Waals surface area contributed by atoms with Crippen LogP contribution in [0, 0.1) is 10.1 Å². The van der Waals surface area contributed by atoms with Gasteiger partial charge < -0.3 is 0 Å². The summed E-state index contributed by atoms with van der Waals surface area (Å²) in [5.74, 6) is 0. The van der Waals surface area contributed by atoms with Crippen LogP contribution in [-0.2, 0) is 0 Å². The molecule has 0 amide bonds.